The molecule has 0 spiro atoms. The second-order valence-corrected chi connectivity index (χ2v) is 4.10. The van der Waals surface area contributed by atoms with Gasteiger partial charge in [-0.25, -0.2) is 4.98 Å². The van der Waals surface area contributed by atoms with E-state index < -0.39 is 0 Å². The van der Waals surface area contributed by atoms with Crippen LogP contribution >= 0.6 is 0 Å². The Labute approximate surface area is 101 Å². The maximum Gasteiger partial charge on any atom is 0.203 e. The van der Waals surface area contributed by atoms with Gasteiger partial charge in [0, 0.05) is 12.7 Å². The van der Waals surface area contributed by atoms with Crippen molar-refractivity contribution in [2.24, 2.45) is 0 Å². The second-order valence-electron chi connectivity index (χ2n) is 4.10. The molecule has 1 aromatic rings. The Morgan fingerprint density at radius 1 is 1.65 bits per heavy atom. The highest BCUT2D eigenvalue weighted by Gasteiger charge is 2.16. The summed E-state index contributed by atoms with van der Waals surface area (Å²) >= 11 is 0. The summed E-state index contributed by atoms with van der Waals surface area (Å²) in [6, 6.07) is 0. The standard InChI is InChI=1S/C12H19N3O2/c1-3-4-13-12-14-10(2)7-15(12)8-11-9-16-5-6-17-11/h3,7,11H,1,4-6,8-9H2,2H3,(H,13,14). The number of ether oxygens (including phenoxy) is 2. The molecule has 2 heterocycles. The van der Waals surface area contributed by atoms with Gasteiger partial charge in [-0.3, -0.25) is 0 Å². The van der Waals surface area contributed by atoms with Crippen LogP contribution in [0.1, 0.15) is 5.69 Å². The molecule has 1 N–H and O–H groups in total. The number of hydrogen-bond donors (Lipinski definition) is 1. The molecule has 1 saturated heterocycles. The fraction of sp³-hybridized carbons (Fsp3) is 0.583. The Bertz CT molecular complexity index is 370. The molecule has 1 fully saturated rings. The van der Waals surface area contributed by atoms with Crippen LogP contribution in [0.4, 0.5) is 5.95 Å². The summed E-state index contributed by atoms with van der Waals surface area (Å²) in [5, 5.41) is 3.21. The van der Waals surface area contributed by atoms with Crippen LogP contribution in [-0.2, 0) is 16.0 Å². The van der Waals surface area contributed by atoms with Gasteiger partial charge in [0.15, 0.2) is 0 Å². The fourth-order valence-corrected chi connectivity index (χ4v) is 1.85. The average Bonchev–Trinajstić information content (AvgIpc) is 2.68. The molecule has 0 saturated carbocycles. The molecule has 94 valence electrons. The van der Waals surface area contributed by atoms with Gasteiger partial charge < -0.3 is 19.4 Å². The topological polar surface area (TPSA) is 48.3 Å². The largest absolute Gasteiger partial charge is 0.376 e. The van der Waals surface area contributed by atoms with E-state index in [0.717, 1.165) is 18.2 Å². The van der Waals surface area contributed by atoms with Crippen LogP contribution in [-0.4, -0.2) is 42.0 Å². The minimum Gasteiger partial charge on any atom is -0.376 e. The fourth-order valence-electron chi connectivity index (χ4n) is 1.85. The average molecular weight is 237 g/mol. The molecule has 1 aliphatic rings. The van der Waals surface area contributed by atoms with Crippen LogP contribution in [0.15, 0.2) is 18.9 Å². The monoisotopic (exact) mass is 237 g/mol. The smallest absolute Gasteiger partial charge is 0.203 e. The molecule has 1 unspecified atom stereocenters. The van der Waals surface area contributed by atoms with E-state index in [1.807, 2.05) is 19.2 Å². The highest BCUT2D eigenvalue weighted by Crippen LogP contribution is 2.12. The lowest BCUT2D eigenvalue weighted by molar-refractivity contribution is -0.0934. The first-order valence-electron chi connectivity index (χ1n) is 5.87. The van der Waals surface area contributed by atoms with Gasteiger partial charge in [-0.15, -0.1) is 6.58 Å². The number of hydrogen-bond acceptors (Lipinski definition) is 4. The summed E-state index contributed by atoms with van der Waals surface area (Å²) in [6.07, 6.45) is 3.94. The third kappa shape index (κ3) is 3.31. The van der Waals surface area contributed by atoms with Crippen molar-refractivity contribution in [1.29, 1.82) is 0 Å². The number of nitrogens with one attached hydrogen (secondary N) is 1. The third-order valence-electron chi connectivity index (χ3n) is 2.59. The van der Waals surface area contributed by atoms with Crippen molar-refractivity contribution >= 4 is 5.95 Å². The summed E-state index contributed by atoms with van der Waals surface area (Å²) in [5.41, 5.74) is 0.994. The minimum absolute atomic E-state index is 0.113. The van der Waals surface area contributed by atoms with Crippen LogP contribution in [0.3, 0.4) is 0 Å². The number of rotatable bonds is 5. The van der Waals surface area contributed by atoms with Crippen molar-refractivity contribution in [3.05, 3.63) is 24.5 Å². The summed E-state index contributed by atoms with van der Waals surface area (Å²) < 4.78 is 13.1. The van der Waals surface area contributed by atoms with Gasteiger partial charge in [-0.05, 0) is 6.92 Å². The van der Waals surface area contributed by atoms with Crippen LogP contribution in [0.5, 0.6) is 0 Å². The zero-order valence-corrected chi connectivity index (χ0v) is 10.2. The Hall–Kier alpha value is -1.33. The van der Waals surface area contributed by atoms with Gasteiger partial charge in [-0.1, -0.05) is 6.08 Å². The molecule has 1 aromatic heterocycles. The SMILES string of the molecule is C=CCNc1nc(C)cn1CC1COCCO1. The Morgan fingerprint density at radius 3 is 3.24 bits per heavy atom. The highest BCUT2D eigenvalue weighted by atomic mass is 16.6. The molecule has 5 nitrogen and oxygen atoms in total. The van der Waals surface area contributed by atoms with Gasteiger partial charge in [0.1, 0.15) is 0 Å². The first kappa shape index (κ1) is 12.1. The minimum atomic E-state index is 0.113. The number of imidazole rings is 1. The van der Waals surface area contributed by atoms with E-state index >= 15 is 0 Å². The van der Waals surface area contributed by atoms with E-state index in [1.165, 1.54) is 0 Å². The normalized spacial score (nSPS) is 20.2. The van der Waals surface area contributed by atoms with Crippen molar-refractivity contribution in [2.45, 2.75) is 19.6 Å². The molecule has 2 rings (SSSR count). The summed E-state index contributed by atoms with van der Waals surface area (Å²) in [4.78, 5) is 4.42. The van der Waals surface area contributed by atoms with Crippen molar-refractivity contribution in [3.8, 4) is 0 Å². The molecule has 1 aliphatic heterocycles. The number of aryl methyl sites for hydroxylation is 1. The van der Waals surface area contributed by atoms with Crippen molar-refractivity contribution in [1.82, 2.24) is 9.55 Å². The van der Waals surface area contributed by atoms with Gasteiger partial charge in [0.2, 0.25) is 5.95 Å². The Kier molecular flexibility index (Phi) is 4.17. The van der Waals surface area contributed by atoms with E-state index in [9.17, 15) is 0 Å². The quantitative estimate of drug-likeness (QED) is 0.782. The molecule has 0 radical (unpaired) electrons. The van der Waals surface area contributed by atoms with Crippen molar-refractivity contribution < 1.29 is 9.47 Å². The third-order valence-corrected chi connectivity index (χ3v) is 2.59. The lowest BCUT2D eigenvalue weighted by atomic mass is 10.3. The van der Waals surface area contributed by atoms with Crippen molar-refractivity contribution in [2.75, 3.05) is 31.7 Å². The molecular formula is C12H19N3O2. The zero-order chi connectivity index (χ0) is 12.1. The molecule has 0 aliphatic carbocycles. The summed E-state index contributed by atoms with van der Waals surface area (Å²) in [5.74, 6) is 0.858. The molecule has 17 heavy (non-hydrogen) atoms. The van der Waals surface area contributed by atoms with Crippen LogP contribution in [0, 0.1) is 6.92 Å². The van der Waals surface area contributed by atoms with Gasteiger partial charge >= 0.3 is 0 Å². The van der Waals surface area contributed by atoms with E-state index in [0.29, 0.717) is 26.4 Å². The van der Waals surface area contributed by atoms with Gasteiger partial charge in [-0.2, -0.15) is 0 Å². The first-order valence-corrected chi connectivity index (χ1v) is 5.87. The zero-order valence-electron chi connectivity index (χ0n) is 10.2. The Balaban J connectivity index is 2.00. The lowest BCUT2D eigenvalue weighted by Crippen LogP contribution is -2.32. The van der Waals surface area contributed by atoms with Crippen LogP contribution < -0.4 is 5.32 Å². The maximum atomic E-state index is 5.63. The molecule has 0 aromatic carbocycles. The van der Waals surface area contributed by atoms with Crippen molar-refractivity contribution in [3.63, 3.8) is 0 Å². The summed E-state index contributed by atoms with van der Waals surface area (Å²) in [6.45, 7) is 9.16. The number of aromatic nitrogens is 2. The Morgan fingerprint density at radius 2 is 2.53 bits per heavy atom. The molecule has 0 amide bonds. The molecule has 5 heteroatoms. The molecular weight excluding hydrogens is 218 g/mol. The predicted molar refractivity (Wildman–Crippen MR) is 66.2 cm³/mol. The predicted octanol–water partition coefficient (Wildman–Crippen LogP) is 1.20. The molecule has 1 atom stereocenters. The van der Waals surface area contributed by atoms with E-state index in [2.05, 4.69) is 21.4 Å². The van der Waals surface area contributed by atoms with E-state index in [-0.39, 0.29) is 6.10 Å². The molecule has 0 bridgehead atoms. The van der Waals surface area contributed by atoms with E-state index in [1.54, 1.807) is 0 Å². The first-order chi connectivity index (χ1) is 8.29. The van der Waals surface area contributed by atoms with E-state index in [4.69, 9.17) is 9.47 Å². The van der Waals surface area contributed by atoms with Crippen LogP contribution in [0.2, 0.25) is 0 Å². The highest BCUT2D eigenvalue weighted by molar-refractivity contribution is 5.29. The lowest BCUT2D eigenvalue weighted by Gasteiger charge is -2.23. The summed E-state index contributed by atoms with van der Waals surface area (Å²) in [7, 11) is 0. The number of nitrogens with zero attached hydrogens (tertiary/aromatic N) is 2. The number of anilines is 1. The maximum absolute atomic E-state index is 5.63. The van der Waals surface area contributed by atoms with Gasteiger partial charge in [0.05, 0.1) is 38.2 Å². The van der Waals surface area contributed by atoms with Gasteiger partial charge in [0.25, 0.3) is 0 Å². The van der Waals surface area contributed by atoms with Crippen LogP contribution in [0.25, 0.3) is 0 Å². The second kappa shape index (κ2) is 5.84.